The predicted octanol–water partition coefficient (Wildman–Crippen LogP) is 1.20. The summed E-state index contributed by atoms with van der Waals surface area (Å²) in [6.45, 7) is 6.20. The first-order valence-electron chi connectivity index (χ1n) is 6.13. The molecule has 19 heavy (non-hydrogen) atoms. The van der Waals surface area contributed by atoms with Crippen molar-refractivity contribution in [2.75, 3.05) is 11.3 Å². The number of hydrogen-bond donors (Lipinski definition) is 3. The van der Waals surface area contributed by atoms with Crippen LogP contribution in [-0.4, -0.2) is 21.1 Å². The van der Waals surface area contributed by atoms with Crippen molar-refractivity contribution in [3.63, 3.8) is 0 Å². The first-order chi connectivity index (χ1) is 8.88. The number of nitrogens with one attached hydrogen (secondary N) is 2. The molecule has 0 unspecified atom stereocenters. The molecule has 0 aliphatic heterocycles. The summed E-state index contributed by atoms with van der Waals surface area (Å²) in [5.41, 5.74) is 6.83. The summed E-state index contributed by atoms with van der Waals surface area (Å²) in [6, 6.07) is 4.85. The van der Waals surface area contributed by atoms with Crippen molar-refractivity contribution >= 4 is 15.9 Å². The summed E-state index contributed by atoms with van der Waals surface area (Å²) >= 11 is 0. The smallest absolute Gasteiger partial charge is 0.299 e. The van der Waals surface area contributed by atoms with Crippen LogP contribution in [0.4, 0.5) is 5.69 Å². The maximum absolute atomic E-state index is 11.7. The zero-order valence-corrected chi connectivity index (χ0v) is 12.3. The van der Waals surface area contributed by atoms with E-state index in [9.17, 15) is 8.42 Å². The van der Waals surface area contributed by atoms with Crippen LogP contribution in [0.3, 0.4) is 0 Å². The van der Waals surface area contributed by atoms with E-state index < -0.39 is 10.2 Å². The van der Waals surface area contributed by atoms with Gasteiger partial charge >= 0.3 is 0 Å². The summed E-state index contributed by atoms with van der Waals surface area (Å²) in [5, 5.41) is 0. The minimum Gasteiger partial charge on any atom is -0.494 e. The maximum Gasteiger partial charge on any atom is 0.299 e. The molecule has 0 bridgehead atoms. The molecule has 0 saturated heterocycles. The van der Waals surface area contributed by atoms with Gasteiger partial charge in [0.25, 0.3) is 10.2 Å². The molecule has 7 heteroatoms. The first-order valence-corrected chi connectivity index (χ1v) is 7.62. The average molecular weight is 287 g/mol. The Kier molecular flexibility index (Phi) is 5.59. The highest BCUT2D eigenvalue weighted by Crippen LogP contribution is 2.23. The number of hydrogen-bond acceptors (Lipinski definition) is 4. The van der Waals surface area contributed by atoms with Crippen LogP contribution >= 0.6 is 0 Å². The molecule has 4 N–H and O–H groups in total. The molecule has 0 aromatic heterocycles. The lowest BCUT2D eigenvalue weighted by Gasteiger charge is -2.14. The van der Waals surface area contributed by atoms with Gasteiger partial charge in [-0.3, -0.25) is 4.72 Å². The normalized spacial score (nSPS) is 11.6. The van der Waals surface area contributed by atoms with Crippen molar-refractivity contribution < 1.29 is 13.2 Å². The molecule has 0 aliphatic carbocycles. The second kappa shape index (κ2) is 6.74. The van der Waals surface area contributed by atoms with E-state index in [0.717, 1.165) is 5.56 Å². The van der Waals surface area contributed by atoms with Crippen molar-refractivity contribution in [1.82, 2.24) is 4.72 Å². The van der Waals surface area contributed by atoms with Crippen molar-refractivity contribution in [2.24, 2.45) is 5.73 Å². The summed E-state index contributed by atoms with van der Waals surface area (Å²) < 4.78 is 33.8. The van der Waals surface area contributed by atoms with Gasteiger partial charge in [-0.25, -0.2) is 0 Å². The minimum atomic E-state index is -3.57. The van der Waals surface area contributed by atoms with Crippen LogP contribution in [0, 0.1) is 0 Å². The highest BCUT2D eigenvalue weighted by molar-refractivity contribution is 7.90. The van der Waals surface area contributed by atoms with E-state index in [2.05, 4.69) is 9.44 Å². The molecule has 0 atom stereocenters. The molecule has 0 aliphatic rings. The Morgan fingerprint density at radius 1 is 1.37 bits per heavy atom. The predicted molar refractivity (Wildman–Crippen MR) is 76.3 cm³/mol. The van der Waals surface area contributed by atoms with Crippen LogP contribution in [0.5, 0.6) is 5.75 Å². The van der Waals surface area contributed by atoms with E-state index in [0.29, 0.717) is 18.0 Å². The van der Waals surface area contributed by atoms with Crippen molar-refractivity contribution in [3.8, 4) is 5.75 Å². The Morgan fingerprint density at radius 2 is 2.05 bits per heavy atom. The average Bonchev–Trinajstić information content (AvgIpc) is 2.29. The molecule has 108 valence electrons. The summed E-state index contributed by atoms with van der Waals surface area (Å²) in [7, 11) is -3.57. The van der Waals surface area contributed by atoms with Crippen molar-refractivity contribution in [2.45, 2.75) is 33.4 Å². The van der Waals surface area contributed by atoms with Crippen LogP contribution < -0.4 is 19.9 Å². The van der Waals surface area contributed by atoms with Crippen molar-refractivity contribution in [3.05, 3.63) is 23.8 Å². The van der Waals surface area contributed by atoms with Gasteiger partial charge in [-0.05, 0) is 39.0 Å². The fourth-order valence-electron chi connectivity index (χ4n) is 1.59. The Hall–Kier alpha value is -1.31. The van der Waals surface area contributed by atoms with Gasteiger partial charge < -0.3 is 10.5 Å². The van der Waals surface area contributed by atoms with Gasteiger partial charge in [-0.2, -0.15) is 13.1 Å². The van der Waals surface area contributed by atoms with E-state index in [1.807, 2.05) is 6.92 Å². The fraction of sp³-hybridized carbons (Fsp3) is 0.500. The second-order valence-electron chi connectivity index (χ2n) is 4.34. The first kappa shape index (κ1) is 15.7. The molecule has 0 fully saturated rings. The van der Waals surface area contributed by atoms with Gasteiger partial charge in [0.05, 0.1) is 12.3 Å². The fourth-order valence-corrected chi connectivity index (χ4v) is 2.71. The summed E-state index contributed by atoms with van der Waals surface area (Å²) in [4.78, 5) is 0. The van der Waals surface area contributed by atoms with E-state index in [4.69, 9.17) is 10.5 Å². The van der Waals surface area contributed by atoms with Gasteiger partial charge in [0.2, 0.25) is 0 Å². The lowest BCUT2D eigenvalue weighted by Crippen LogP contribution is -2.35. The van der Waals surface area contributed by atoms with E-state index in [1.165, 1.54) is 0 Å². The van der Waals surface area contributed by atoms with Gasteiger partial charge in [0.1, 0.15) is 5.75 Å². The third-order valence-corrected chi connectivity index (χ3v) is 3.51. The SMILES string of the molecule is CCOc1ccc(NS(=O)(=O)NC(C)C)cc1CN. The van der Waals surface area contributed by atoms with Crippen molar-refractivity contribution in [1.29, 1.82) is 0 Å². The molecule has 0 radical (unpaired) electrons. The van der Waals surface area contributed by atoms with Crippen LogP contribution in [0.1, 0.15) is 26.3 Å². The molecular weight excluding hydrogens is 266 g/mol. The Morgan fingerprint density at radius 3 is 2.58 bits per heavy atom. The largest absolute Gasteiger partial charge is 0.494 e. The molecule has 6 nitrogen and oxygen atoms in total. The van der Waals surface area contributed by atoms with Crippen LogP contribution in [0.15, 0.2) is 18.2 Å². The minimum absolute atomic E-state index is 0.172. The lowest BCUT2D eigenvalue weighted by atomic mass is 10.2. The van der Waals surface area contributed by atoms with Crippen LogP contribution in [0.2, 0.25) is 0 Å². The molecule has 0 amide bonds. The van der Waals surface area contributed by atoms with Gasteiger partial charge in [0, 0.05) is 18.2 Å². The van der Waals surface area contributed by atoms with E-state index in [-0.39, 0.29) is 12.6 Å². The zero-order valence-electron chi connectivity index (χ0n) is 11.4. The molecular formula is C12H21N3O3S. The topological polar surface area (TPSA) is 93.4 Å². The number of nitrogens with two attached hydrogens (primary N) is 1. The summed E-state index contributed by atoms with van der Waals surface area (Å²) in [5.74, 6) is 0.671. The molecule has 1 rings (SSSR count). The summed E-state index contributed by atoms with van der Waals surface area (Å²) in [6.07, 6.45) is 0. The Bertz CT molecular complexity index is 515. The quantitative estimate of drug-likeness (QED) is 0.702. The molecule has 0 spiro atoms. The monoisotopic (exact) mass is 287 g/mol. The highest BCUT2D eigenvalue weighted by atomic mass is 32.2. The molecule has 0 heterocycles. The number of anilines is 1. The van der Waals surface area contributed by atoms with Gasteiger partial charge in [-0.1, -0.05) is 0 Å². The standard InChI is InChI=1S/C12H21N3O3S/c1-4-18-12-6-5-11(7-10(12)8-13)15-19(16,17)14-9(2)3/h5-7,9,14-15H,4,8,13H2,1-3H3. The number of rotatable bonds is 7. The van der Waals surface area contributed by atoms with Gasteiger partial charge in [-0.15, -0.1) is 0 Å². The molecule has 0 saturated carbocycles. The highest BCUT2D eigenvalue weighted by Gasteiger charge is 2.12. The van der Waals surface area contributed by atoms with E-state index >= 15 is 0 Å². The van der Waals surface area contributed by atoms with Crippen LogP contribution in [-0.2, 0) is 16.8 Å². The third kappa shape index (κ3) is 5.06. The molecule has 1 aromatic carbocycles. The molecule has 1 aromatic rings. The second-order valence-corrected chi connectivity index (χ2v) is 5.78. The third-order valence-electron chi connectivity index (χ3n) is 2.22. The maximum atomic E-state index is 11.7. The number of benzene rings is 1. The van der Waals surface area contributed by atoms with Crippen LogP contribution in [0.25, 0.3) is 0 Å². The van der Waals surface area contributed by atoms with E-state index in [1.54, 1.807) is 32.0 Å². The van der Waals surface area contributed by atoms with Gasteiger partial charge in [0.15, 0.2) is 0 Å². The number of ether oxygens (including phenoxy) is 1. The zero-order chi connectivity index (χ0) is 14.5. The lowest BCUT2D eigenvalue weighted by molar-refractivity contribution is 0.336. The Labute approximate surface area is 114 Å². The Balaban J connectivity index is 2.91.